The summed E-state index contributed by atoms with van der Waals surface area (Å²) in [5, 5.41) is 2.87. The Morgan fingerprint density at radius 1 is 1.38 bits per heavy atom. The molecule has 0 saturated heterocycles. The molecule has 0 aliphatic carbocycles. The second kappa shape index (κ2) is 6.60. The van der Waals surface area contributed by atoms with E-state index in [4.69, 9.17) is 0 Å². The fourth-order valence-electron chi connectivity index (χ4n) is 2.35. The van der Waals surface area contributed by atoms with Crippen LogP contribution in [0.25, 0.3) is 0 Å². The molecule has 1 aliphatic heterocycles. The molecule has 0 bridgehead atoms. The highest BCUT2D eigenvalue weighted by atomic mass is 16.2. The molecule has 0 saturated carbocycles. The van der Waals surface area contributed by atoms with Gasteiger partial charge in [-0.1, -0.05) is 6.92 Å². The van der Waals surface area contributed by atoms with Crippen LogP contribution >= 0.6 is 0 Å². The Hall–Kier alpha value is -2.05. The number of nitrogens with zero attached hydrogens (tertiary/aromatic N) is 3. The van der Waals surface area contributed by atoms with Crippen LogP contribution in [0.15, 0.2) is 4.79 Å². The summed E-state index contributed by atoms with van der Waals surface area (Å²) in [6.07, 6.45) is 2.07. The van der Waals surface area contributed by atoms with E-state index in [0.29, 0.717) is 44.0 Å². The number of nitrogens with one attached hydrogen (secondary N) is 2. The van der Waals surface area contributed by atoms with Crippen molar-refractivity contribution >= 4 is 12.0 Å². The molecular weight excluding hydrogens is 270 g/mol. The number of rotatable bonds is 3. The van der Waals surface area contributed by atoms with Gasteiger partial charge in [0.1, 0.15) is 0 Å². The smallest absolute Gasteiger partial charge is 0.317 e. The lowest BCUT2D eigenvalue weighted by atomic mass is 10.1. The SMILES string of the molecule is CCCNC(=O)N1CCc2nc(N(C)C)[nH]c(=O)c2CC1. The lowest BCUT2D eigenvalue weighted by molar-refractivity contribution is 0.200. The summed E-state index contributed by atoms with van der Waals surface area (Å²) in [7, 11) is 3.68. The zero-order chi connectivity index (χ0) is 15.4. The van der Waals surface area contributed by atoms with Gasteiger partial charge in [-0.25, -0.2) is 9.78 Å². The molecule has 2 N–H and O–H groups in total. The van der Waals surface area contributed by atoms with Crippen LogP contribution in [0, 0.1) is 0 Å². The number of fused-ring (bicyclic) bond motifs is 1. The minimum absolute atomic E-state index is 0.0612. The van der Waals surface area contributed by atoms with Gasteiger partial charge < -0.3 is 15.1 Å². The number of H-pyrrole nitrogens is 1. The monoisotopic (exact) mass is 293 g/mol. The third-order valence-electron chi connectivity index (χ3n) is 3.58. The molecular formula is C14H23N5O2. The van der Waals surface area contributed by atoms with Gasteiger partial charge in [-0.3, -0.25) is 9.78 Å². The van der Waals surface area contributed by atoms with Crippen LogP contribution < -0.4 is 15.8 Å². The molecule has 1 aromatic heterocycles. The van der Waals surface area contributed by atoms with E-state index < -0.39 is 0 Å². The number of anilines is 1. The largest absolute Gasteiger partial charge is 0.348 e. The van der Waals surface area contributed by atoms with E-state index in [1.807, 2.05) is 21.0 Å². The molecule has 116 valence electrons. The van der Waals surface area contributed by atoms with Crippen LogP contribution in [-0.2, 0) is 12.8 Å². The highest BCUT2D eigenvalue weighted by Crippen LogP contribution is 2.13. The summed E-state index contributed by atoms with van der Waals surface area (Å²) >= 11 is 0. The molecule has 7 heteroatoms. The van der Waals surface area contributed by atoms with E-state index >= 15 is 0 Å². The summed E-state index contributed by atoms with van der Waals surface area (Å²) in [5.74, 6) is 0.558. The van der Waals surface area contributed by atoms with Gasteiger partial charge in [0, 0.05) is 45.7 Å². The maximum absolute atomic E-state index is 12.1. The standard InChI is InChI=1S/C14H23N5O2/c1-4-7-15-14(21)19-8-5-10-11(6-9-19)16-13(18(2)3)17-12(10)20/h4-9H2,1-3H3,(H,15,21)(H,16,17,20). The maximum Gasteiger partial charge on any atom is 0.317 e. The number of carbonyl (C=O) groups is 1. The van der Waals surface area contributed by atoms with Gasteiger partial charge in [-0.2, -0.15) is 0 Å². The van der Waals surface area contributed by atoms with Crippen molar-refractivity contribution in [2.45, 2.75) is 26.2 Å². The van der Waals surface area contributed by atoms with Crippen LogP contribution in [0.5, 0.6) is 0 Å². The first-order chi connectivity index (χ1) is 10.0. The van der Waals surface area contributed by atoms with Gasteiger partial charge in [0.2, 0.25) is 5.95 Å². The molecule has 21 heavy (non-hydrogen) atoms. The van der Waals surface area contributed by atoms with E-state index in [1.165, 1.54) is 0 Å². The molecule has 0 aromatic carbocycles. The van der Waals surface area contributed by atoms with E-state index in [1.54, 1.807) is 9.80 Å². The van der Waals surface area contributed by atoms with Gasteiger partial charge in [-0.15, -0.1) is 0 Å². The minimum Gasteiger partial charge on any atom is -0.348 e. The Bertz CT molecular complexity index is 567. The van der Waals surface area contributed by atoms with Crippen LogP contribution in [-0.4, -0.2) is 54.6 Å². The van der Waals surface area contributed by atoms with E-state index in [0.717, 1.165) is 12.1 Å². The van der Waals surface area contributed by atoms with E-state index in [2.05, 4.69) is 15.3 Å². The molecule has 2 rings (SSSR count). The van der Waals surface area contributed by atoms with Gasteiger partial charge in [0.15, 0.2) is 0 Å². The van der Waals surface area contributed by atoms with Crippen molar-refractivity contribution in [1.29, 1.82) is 0 Å². The third kappa shape index (κ3) is 3.53. The highest BCUT2D eigenvalue weighted by molar-refractivity contribution is 5.74. The Kier molecular flexibility index (Phi) is 4.82. The van der Waals surface area contributed by atoms with Crippen molar-refractivity contribution in [3.05, 3.63) is 21.6 Å². The molecule has 7 nitrogen and oxygen atoms in total. The number of urea groups is 1. The number of hydrogen-bond donors (Lipinski definition) is 2. The number of aromatic amines is 1. The second-order valence-electron chi connectivity index (χ2n) is 5.43. The Balaban J connectivity index is 2.15. The summed E-state index contributed by atoms with van der Waals surface area (Å²) in [5.41, 5.74) is 1.40. The van der Waals surface area contributed by atoms with Crippen LogP contribution in [0.4, 0.5) is 10.7 Å². The Morgan fingerprint density at radius 2 is 2.10 bits per heavy atom. The molecule has 0 unspecified atom stereocenters. The average molecular weight is 293 g/mol. The molecule has 0 spiro atoms. The topological polar surface area (TPSA) is 81.3 Å². The van der Waals surface area contributed by atoms with Crippen molar-refractivity contribution in [3.8, 4) is 0 Å². The van der Waals surface area contributed by atoms with Gasteiger partial charge >= 0.3 is 6.03 Å². The first-order valence-corrected chi connectivity index (χ1v) is 7.35. The maximum atomic E-state index is 12.1. The minimum atomic E-state index is -0.0977. The first kappa shape index (κ1) is 15.3. The number of carbonyl (C=O) groups excluding carboxylic acids is 1. The summed E-state index contributed by atoms with van der Waals surface area (Å²) < 4.78 is 0. The summed E-state index contributed by atoms with van der Waals surface area (Å²) in [6.45, 7) is 3.83. The fourth-order valence-corrected chi connectivity index (χ4v) is 2.35. The molecule has 0 fully saturated rings. The van der Waals surface area contributed by atoms with Crippen LogP contribution in [0.1, 0.15) is 24.6 Å². The van der Waals surface area contributed by atoms with Crippen molar-refractivity contribution in [1.82, 2.24) is 20.2 Å². The van der Waals surface area contributed by atoms with Crippen molar-refractivity contribution in [2.75, 3.05) is 38.6 Å². The van der Waals surface area contributed by atoms with Crippen molar-refractivity contribution in [3.63, 3.8) is 0 Å². The number of aromatic nitrogens is 2. The van der Waals surface area contributed by atoms with Crippen molar-refractivity contribution < 1.29 is 4.79 Å². The van der Waals surface area contributed by atoms with Crippen LogP contribution in [0.3, 0.4) is 0 Å². The third-order valence-corrected chi connectivity index (χ3v) is 3.58. The molecule has 2 amide bonds. The summed E-state index contributed by atoms with van der Waals surface area (Å²) in [4.78, 5) is 35.0. The zero-order valence-electron chi connectivity index (χ0n) is 12.9. The van der Waals surface area contributed by atoms with Gasteiger partial charge in [-0.05, 0) is 12.8 Å². The zero-order valence-corrected chi connectivity index (χ0v) is 12.9. The Morgan fingerprint density at radius 3 is 2.76 bits per heavy atom. The van der Waals surface area contributed by atoms with Gasteiger partial charge in [0.05, 0.1) is 5.69 Å². The quantitative estimate of drug-likeness (QED) is 0.843. The molecule has 2 heterocycles. The molecule has 1 aliphatic rings. The summed E-state index contributed by atoms with van der Waals surface area (Å²) in [6, 6.07) is -0.0612. The van der Waals surface area contributed by atoms with Crippen molar-refractivity contribution in [2.24, 2.45) is 0 Å². The van der Waals surface area contributed by atoms with E-state index in [-0.39, 0.29) is 11.6 Å². The fraction of sp³-hybridized carbons (Fsp3) is 0.643. The molecule has 0 radical (unpaired) electrons. The number of amides is 2. The predicted octanol–water partition coefficient (Wildman–Crippen LogP) is 0.356. The highest BCUT2D eigenvalue weighted by Gasteiger charge is 2.21. The van der Waals surface area contributed by atoms with E-state index in [9.17, 15) is 9.59 Å². The first-order valence-electron chi connectivity index (χ1n) is 7.35. The average Bonchev–Trinajstić information content (AvgIpc) is 2.67. The Labute approximate surface area is 124 Å². The normalized spacial score (nSPS) is 14.3. The number of hydrogen-bond acceptors (Lipinski definition) is 4. The van der Waals surface area contributed by atoms with Crippen LogP contribution in [0.2, 0.25) is 0 Å². The molecule has 0 atom stereocenters. The molecule has 1 aromatic rings. The second-order valence-corrected chi connectivity index (χ2v) is 5.43. The lowest BCUT2D eigenvalue weighted by Crippen LogP contribution is -2.41. The lowest BCUT2D eigenvalue weighted by Gasteiger charge is -2.20. The van der Waals surface area contributed by atoms with Gasteiger partial charge in [0.25, 0.3) is 5.56 Å². The predicted molar refractivity (Wildman–Crippen MR) is 81.9 cm³/mol.